The van der Waals surface area contributed by atoms with Gasteiger partial charge in [-0.1, -0.05) is 0 Å². The lowest BCUT2D eigenvalue weighted by atomic mass is 10.1. The molecule has 2 heterocycles. The van der Waals surface area contributed by atoms with E-state index in [1.165, 1.54) is 5.56 Å². The van der Waals surface area contributed by atoms with Crippen molar-refractivity contribution in [3.63, 3.8) is 0 Å². The van der Waals surface area contributed by atoms with Gasteiger partial charge in [-0.3, -0.25) is 0 Å². The fourth-order valence-electron chi connectivity index (χ4n) is 3.30. The number of aromatic nitrogens is 2. The molecule has 2 aromatic carbocycles. The van der Waals surface area contributed by atoms with E-state index in [-0.39, 0.29) is 0 Å². The molecule has 0 aliphatic heterocycles. The maximum Gasteiger partial charge on any atom is 0.243 e. The molecule has 0 atom stereocenters. The van der Waals surface area contributed by atoms with Gasteiger partial charge in [-0.2, -0.15) is 5.10 Å². The van der Waals surface area contributed by atoms with Crippen LogP contribution in [0.1, 0.15) is 22.5 Å². The number of methoxy groups -OCH3 is 1. The van der Waals surface area contributed by atoms with Crippen LogP contribution < -0.4 is 15.5 Å². The summed E-state index contributed by atoms with van der Waals surface area (Å²) in [4.78, 5) is 8.81. The Morgan fingerprint density at radius 1 is 0.867 bits per heavy atom. The molecular weight excluding hydrogens is 376 g/mol. The fourth-order valence-corrected chi connectivity index (χ4v) is 3.30. The van der Waals surface area contributed by atoms with Crippen molar-refractivity contribution in [2.75, 3.05) is 12.5 Å². The molecule has 0 bridgehead atoms. The lowest BCUT2D eigenvalue weighted by Gasteiger charge is -2.09. The molecule has 6 nitrogen and oxygen atoms in total. The number of nitrogens with zero attached hydrogens (tertiary/aromatic N) is 3. The van der Waals surface area contributed by atoms with Gasteiger partial charge in [0.15, 0.2) is 0 Å². The van der Waals surface area contributed by atoms with Crippen molar-refractivity contribution >= 4 is 16.9 Å². The molecule has 4 rings (SSSR count). The van der Waals surface area contributed by atoms with Gasteiger partial charge in [0.1, 0.15) is 17.1 Å². The van der Waals surface area contributed by atoms with E-state index < -0.39 is 0 Å². The quantitative estimate of drug-likeness (QED) is 0.485. The van der Waals surface area contributed by atoms with Crippen LogP contribution >= 0.6 is 0 Å². The van der Waals surface area contributed by atoms with E-state index in [2.05, 4.69) is 40.4 Å². The maximum atomic E-state index is 6.23. The Labute approximate surface area is 175 Å². The van der Waals surface area contributed by atoms with Crippen molar-refractivity contribution in [2.24, 2.45) is 5.10 Å². The minimum Gasteiger partial charge on any atom is -0.497 e. The van der Waals surface area contributed by atoms with Crippen LogP contribution in [0.3, 0.4) is 0 Å². The Kier molecular flexibility index (Phi) is 5.23. The molecule has 152 valence electrons. The Hall–Kier alpha value is -3.67. The third kappa shape index (κ3) is 4.03. The van der Waals surface area contributed by atoms with Crippen LogP contribution in [0, 0.1) is 27.7 Å². The van der Waals surface area contributed by atoms with Crippen LogP contribution in [0.15, 0.2) is 58.0 Å². The highest BCUT2D eigenvalue weighted by atomic mass is 16.5. The Bertz CT molecular complexity index is 1270. The van der Waals surface area contributed by atoms with E-state index in [4.69, 9.17) is 9.15 Å². The molecule has 0 saturated heterocycles. The van der Waals surface area contributed by atoms with Gasteiger partial charge in [0.25, 0.3) is 0 Å². The molecule has 6 heteroatoms. The molecule has 2 aromatic heterocycles. The van der Waals surface area contributed by atoms with Gasteiger partial charge in [0.2, 0.25) is 5.95 Å². The van der Waals surface area contributed by atoms with Crippen LogP contribution in [0.25, 0.3) is 22.3 Å². The van der Waals surface area contributed by atoms with Crippen molar-refractivity contribution < 1.29 is 9.15 Å². The Morgan fingerprint density at radius 2 is 1.53 bits per heavy atom. The van der Waals surface area contributed by atoms with Crippen molar-refractivity contribution in [3.05, 3.63) is 76.4 Å². The number of benzene rings is 2. The summed E-state index contributed by atoms with van der Waals surface area (Å²) in [6.07, 6.45) is 0. The summed E-state index contributed by atoms with van der Waals surface area (Å²) >= 11 is 0. The van der Waals surface area contributed by atoms with E-state index in [1.807, 2.05) is 56.3 Å². The second kappa shape index (κ2) is 7.99. The third-order valence-electron chi connectivity index (χ3n) is 4.99. The maximum absolute atomic E-state index is 6.23. The molecule has 0 spiro atoms. The van der Waals surface area contributed by atoms with E-state index in [9.17, 15) is 0 Å². The normalized spacial score (nSPS) is 11.7. The molecule has 0 aliphatic rings. The van der Waals surface area contributed by atoms with Crippen LogP contribution in [-0.4, -0.2) is 17.1 Å². The lowest BCUT2D eigenvalue weighted by molar-refractivity contribution is 0.415. The van der Waals surface area contributed by atoms with Crippen LogP contribution in [0.5, 0.6) is 5.75 Å². The van der Waals surface area contributed by atoms with E-state index in [0.29, 0.717) is 5.95 Å². The number of nitrogens with one attached hydrogen (secondary N) is 1. The van der Waals surface area contributed by atoms with E-state index >= 15 is 0 Å². The first-order chi connectivity index (χ1) is 14.4. The smallest absolute Gasteiger partial charge is 0.243 e. The predicted molar refractivity (Wildman–Crippen MR) is 118 cm³/mol. The van der Waals surface area contributed by atoms with Crippen molar-refractivity contribution in [1.82, 2.24) is 9.97 Å². The summed E-state index contributed by atoms with van der Waals surface area (Å²) in [6.45, 7) is 8.02. The van der Waals surface area contributed by atoms with Crippen molar-refractivity contribution in [3.8, 4) is 17.1 Å². The zero-order valence-corrected chi connectivity index (χ0v) is 17.8. The SMILES string of the molecule is COc1ccc(-c2c/c(=N/Nc3nc(C)cc(C)n3)c3cc(C)c(C)cc3o2)cc1. The molecule has 0 aliphatic carbocycles. The van der Waals surface area contributed by atoms with Gasteiger partial charge in [-0.05, 0) is 81.3 Å². The molecule has 1 N–H and O–H groups in total. The molecule has 0 fully saturated rings. The Morgan fingerprint density at radius 3 is 2.20 bits per heavy atom. The minimum atomic E-state index is 0.469. The number of ether oxygens (including phenoxy) is 1. The topological polar surface area (TPSA) is 72.5 Å². The van der Waals surface area contributed by atoms with E-state index in [1.54, 1.807) is 7.11 Å². The van der Waals surface area contributed by atoms with Gasteiger partial charge in [0.05, 0.1) is 12.5 Å². The standard InChI is InChI=1S/C24H24N4O2/c1-14-10-20-21(27-28-24-25-16(3)12-17(4)26-24)13-22(30-23(20)11-15(14)2)18-6-8-19(29-5)9-7-18/h6-13H,1-5H3,(H,25,26,28)/b27-21-. The fraction of sp³-hybridized carbons (Fsp3) is 0.208. The average Bonchev–Trinajstić information content (AvgIpc) is 2.72. The summed E-state index contributed by atoms with van der Waals surface area (Å²) in [6, 6.07) is 15.7. The van der Waals surface area contributed by atoms with Gasteiger partial charge in [-0.25, -0.2) is 15.4 Å². The average molecular weight is 400 g/mol. The van der Waals surface area contributed by atoms with Gasteiger partial charge >= 0.3 is 0 Å². The zero-order valence-electron chi connectivity index (χ0n) is 17.8. The van der Waals surface area contributed by atoms with Gasteiger partial charge in [0, 0.05) is 28.4 Å². The zero-order chi connectivity index (χ0) is 21.3. The first kappa shape index (κ1) is 19.6. The van der Waals surface area contributed by atoms with Crippen molar-refractivity contribution in [1.29, 1.82) is 0 Å². The molecule has 0 unspecified atom stereocenters. The molecule has 30 heavy (non-hydrogen) atoms. The predicted octanol–water partition coefficient (Wildman–Crippen LogP) is 5.06. The second-order valence-electron chi connectivity index (χ2n) is 7.35. The van der Waals surface area contributed by atoms with Crippen LogP contribution in [0.4, 0.5) is 5.95 Å². The second-order valence-corrected chi connectivity index (χ2v) is 7.35. The first-order valence-electron chi connectivity index (χ1n) is 9.74. The number of rotatable bonds is 4. The van der Waals surface area contributed by atoms with Gasteiger partial charge < -0.3 is 9.15 Å². The summed E-state index contributed by atoms with van der Waals surface area (Å²) in [5.41, 5.74) is 8.83. The number of anilines is 1. The monoisotopic (exact) mass is 400 g/mol. The van der Waals surface area contributed by atoms with Crippen LogP contribution in [0.2, 0.25) is 0 Å². The summed E-state index contributed by atoms with van der Waals surface area (Å²) < 4.78 is 11.5. The third-order valence-corrected chi connectivity index (χ3v) is 4.99. The highest BCUT2D eigenvalue weighted by Gasteiger charge is 2.09. The van der Waals surface area contributed by atoms with Gasteiger partial charge in [-0.15, -0.1) is 0 Å². The highest BCUT2D eigenvalue weighted by molar-refractivity contribution is 5.80. The van der Waals surface area contributed by atoms with Crippen molar-refractivity contribution in [2.45, 2.75) is 27.7 Å². The number of hydrogen-bond donors (Lipinski definition) is 1. The molecule has 4 aromatic rings. The summed E-state index contributed by atoms with van der Waals surface area (Å²) in [5, 5.41) is 6.30. The molecule has 0 amide bonds. The molecule has 0 saturated carbocycles. The molecule has 0 radical (unpaired) electrons. The molecular formula is C24H24N4O2. The largest absolute Gasteiger partial charge is 0.497 e. The van der Waals surface area contributed by atoms with E-state index in [0.717, 1.165) is 50.4 Å². The lowest BCUT2D eigenvalue weighted by Crippen LogP contribution is -2.09. The van der Waals surface area contributed by atoms with Crippen LogP contribution in [-0.2, 0) is 0 Å². The summed E-state index contributed by atoms with van der Waals surface area (Å²) in [5.74, 6) is 1.98. The number of aryl methyl sites for hydroxylation is 4. The summed E-state index contributed by atoms with van der Waals surface area (Å²) in [7, 11) is 1.65. The number of hydrogen-bond acceptors (Lipinski definition) is 6. The number of fused-ring (bicyclic) bond motifs is 1. The highest BCUT2D eigenvalue weighted by Crippen LogP contribution is 2.25. The Balaban J connectivity index is 1.87. The minimum absolute atomic E-state index is 0.469. The first-order valence-corrected chi connectivity index (χ1v) is 9.74.